The van der Waals surface area contributed by atoms with Gasteiger partial charge in [-0.3, -0.25) is 0 Å². The first-order valence-corrected chi connectivity index (χ1v) is 6.82. The zero-order valence-electron chi connectivity index (χ0n) is 12.3. The molecule has 0 radical (unpaired) electrons. The molecule has 1 aromatic heterocycles. The van der Waals surface area contributed by atoms with E-state index in [2.05, 4.69) is 15.2 Å². The number of hydrogen-bond acceptors (Lipinski definition) is 6. The highest BCUT2D eigenvalue weighted by atomic mass is 16.6. The highest BCUT2D eigenvalue weighted by Crippen LogP contribution is 2.26. The van der Waals surface area contributed by atoms with E-state index in [4.69, 9.17) is 10.5 Å². The lowest BCUT2D eigenvalue weighted by Crippen LogP contribution is -2.44. The van der Waals surface area contributed by atoms with Crippen molar-refractivity contribution in [2.75, 3.05) is 36.8 Å². The Bertz CT molecular complexity index is 490. The van der Waals surface area contributed by atoms with E-state index in [0.29, 0.717) is 17.1 Å². The summed E-state index contributed by atoms with van der Waals surface area (Å²) >= 11 is 0. The molecule has 0 aliphatic carbocycles. The molecule has 110 valence electrons. The van der Waals surface area contributed by atoms with Crippen LogP contribution in [0.25, 0.3) is 0 Å². The van der Waals surface area contributed by atoms with Crippen LogP contribution in [0.1, 0.15) is 31.1 Å². The Hall–Kier alpha value is -1.82. The summed E-state index contributed by atoms with van der Waals surface area (Å²) in [7, 11) is 0. The SMILES string of the molecule is CC(C)(C)OC(=O)c1ccnc(N2CCNCC2)c1N. The Labute approximate surface area is 119 Å². The lowest BCUT2D eigenvalue weighted by atomic mass is 10.1. The smallest absolute Gasteiger partial charge is 0.340 e. The molecule has 1 fully saturated rings. The number of nitrogen functional groups attached to an aromatic ring is 1. The molecule has 1 aliphatic heterocycles. The van der Waals surface area contributed by atoms with Crippen molar-refractivity contribution in [1.29, 1.82) is 0 Å². The van der Waals surface area contributed by atoms with E-state index in [0.717, 1.165) is 26.2 Å². The predicted molar refractivity (Wildman–Crippen MR) is 78.9 cm³/mol. The molecule has 0 amide bonds. The van der Waals surface area contributed by atoms with Crippen LogP contribution in [0, 0.1) is 0 Å². The fourth-order valence-electron chi connectivity index (χ4n) is 2.10. The third kappa shape index (κ3) is 3.39. The molecular weight excluding hydrogens is 256 g/mol. The van der Waals surface area contributed by atoms with Crippen LogP contribution in [0.15, 0.2) is 12.3 Å². The normalized spacial score (nSPS) is 16.1. The Morgan fingerprint density at radius 2 is 2.05 bits per heavy atom. The fraction of sp³-hybridized carbons (Fsp3) is 0.571. The molecule has 6 nitrogen and oxygen atoms in total. The van der Waals surface area contributed by atoms with Gasteiger partial charge in [0, 0.05) is 32.4 Å². The Balaban J connectivity index is 2.24. The number of rotatable bonds is 2. The highest BCUT2D eigenvalue weighted by Gasteiger charge is 2.23. The number of anilines is 2. The molecule has 1 aromatic rings. The van der Waals surface area contributed by atoms with E-state index in [-0.39, 0.29) is 0 Å². The van der Waals surface area contributed by atoms with Gasteiger partial charge in [-0.15, -0.1) is 0 Å². The summed E-state index contributed by atoms with van der Waals surface area (Å²) in [6.45, 7) is 8.93. The summed E-state index contributed by atoms with van der Waals surface area (Å²) in [4.78, 5) is 18.5. The zero-order valence-corrected chi connectivity index (χ0v) is 12.3. The quantitative estimate of drug-likeness (QED) is 0.786. The third-order valence-corrected chi connectivity index (χ3v) is 3.00. The monoisotopic (exact) mass is 278 g/mol. The molecule has 0 spiro atoms. The van der Waals surface area contributed by atoms with Crippen molar-refractivity contribution in [2.24, 2.45) is 0 Å². The van der Waals surface area contributed by atoms with Crippen LogP contribution in [0.4, 0.5) is 11.5 Å². The van der Waals surface area contributed by atoms with Gasteiger partial charge in [-0.2, -0.15) is 0 Å². The van der Waals surface area contributed by atoms with Crippen LogP contribution in [0.5, 0.6) is 0 Å². The number of esters is 1. The Kier molecular flexibility index (Phi) is 4.13. The molecule has 2 rings (SSSR count). The maximum Gasteiger partial charge on any atom is 0.340 e. The minimum absolute atomic E-state index is 0.378. The first kappa shape index (κ1) is 14.6. The number of carbonyl (C=O) groups excluding carboxylic acids is 1. The van der Waals surface area contributed by atoms with Gasteiger partial charge in [0.25, 0.3) is 0 Å². The minimum atomic E-state index is -0.540. The third-order valence-electron chi connectivity index (χ3n) is 3.00. The largest absolute Gasteiger partial charge is 0.456 e. The van der Waals surface area contributed by atoms with Crippen molar-refractivity contribution in [3.63, 3.8) is 0 Å². The molecule has 0 saturated carbocycles. The van der Waals surface area contributed by atoms with Crippen molar-refractivity contribution >= 4 is 17.5 Å². The van der Waals surface area contributed by atoms with Crippen molar-refractivity contribution in [3.05, 3.63) is 17.8 Å². The number of pyridine rings is 1. The van der Waals surface area contributed by atoms with Crippen molar-refractivity contribution in [1.82, 2.24) is 10.3 Å². The van der Waals surface area contributed by atoms with Crippen LogP contribution in [0.2, 0.25) is 0 Å². The van der Waals surface area contributed by atoms with Crippen LogP contribution in [-0.4, -0.2) is 42.7 Å². The lowest BCUT2D eigenvalue weighted by Gasteiger charge is -2.29. The van der Waals surface area contributed by atoms with E-state index in [1.807, 2.05) is 20.8 Å². The average Bonchev–Trinajstić information content (AvgIpc) is 2.38. The number of nitrogens with one attached hydrogen (secondary N) is 1. The molecule has 3 N–H and O–H groups in total. The molecule has 0 aromatic carbocycles. The maximum atomic E-state index is 12.2. The van der Waals surface area contributed by atoms with Gasteiger partial charge in [0.05, 0.1) is 11.3 Å². The zero-order chi connectivity index (χ0) is 14.8. The number of piperazine rings is 1. The topological polar surface area (TPSA) is 80.5 Å². The highest BCUT2D eigenvalue weighted by molar-refractivity contribution is 5.97. The van der Waals surface area contributed by atoms with E-state index in [9.17, 15) is 4.79 Å². The minimum Gasteiger partial charge on any atom is -0.456 e. The molecule has 1 aliphatic rings. The summed E-state index contributed by atoms with van der Waals surface area (Å²) in [5, 5.41) is 3.27. The molecule has 0 bridgehead atoms. The number of nitrogens with zero attached hydrogens (tertiary/aromatic N) is 2. The number of aromatic nitrogens is 1. The van der Waals surface area contributed by atoms with E-state index < -0.39 is 11.6 Å². The van der Waals surface area contributed by atoms with Crippen molar-refractivity contribution in [2.45, 2.75) is 26.4 Å². The second-order valence-corrected chi connectivity index (χ2v) is 5.83. The molecule has 6 heteroatoms. The maximum absolute atomic E-state index is 12.2. The van der Waals surface area contributed by atoms with Gasteiger partial charge >= 0.3 is 5.97 Å². The van der Waals surface area contributed by atoms with Gasteiger partial charge in [-0.05, 0) is 26.8 Å². The molecular formula is C14H22N4O2. The molecule has 0 atom stereocenters. The van der Waals surface area contributed by atoms with E-state index in [1.165, 1.54) is 0 Å². The summed E-state index contributed by atoms with van der Waals surface area (Å²) in [5.41, 5.74) is 6.34. The van der Waals surface area contributed by atoms with E-state index >= 15 is 0 Å². The van der Waals surface area contributed by atoms with Crippen LogP contribution >= 0.6 is 0 Å². The molecule has 1 saturated heterocycles. The molecule has 2 heterocycles. The molecule has 20 heavy (non-hydrogen) atoms. The lowest BCUT2D eigenvalue weighted by molar-refractivity contribution is 0.00707. The first-order chi connectivity index (χ1) is 9.38. The Morgan fingerprint density at radius 3 is 2.65 bits per heavy atom. The first-order valence-electron chi connectivity index (χ1n) is 6.82. The van der Waals surface area contributed by atoms with Gasteiger partial charge in [0.2, 0.25) is 0 Å². The van der Waals surface area contributed by atoms with E-state index in [1.54, 1.807) is 12.3 Å². The van der Waals surface area contributed by atoms with Crippen LogP contribution in [-0.2, 0) is 4.74 Å². The second-order valence-electron chi connectivity index (χ2n) is 5.83. The molecule has 0 unspecified atom stereocenters. The number of hydrogen-bond donors (Lipinski definition) is 2. The summed E-state index contributed by atoms with van der Waals surface area (Å²) in [5.74, 6) is 0.253. The average molecular weight is 278 g/mol. The van der Waals surface area contributed by atoms with Gasteiger partial charge in [0.15, 0.2) is 5.82 Å². The summed E-state index contributed by atoms with van der Waals surface area (Å²) in [6.07, 6.45) is 1.60. The number of carbonyl (C=O) groups is 1. The van der Waals surface area contributed by atoms with Gasteiger partial charge in [-0.1, -0.05) is 0 Å². The standard InChI is InChI=1S/C14H22N4O2/c1-14(2,3)20-13(19)10-4-5-17-12(11(10)15)18-8-6-16-7-9-18/h4-5,16H,6-9,15H2,1-3H3. The summed E-state index contributed by atoms with van der Waals surface area (Å²) in [6, 6.07) is 1.61. The van der Waals surface area contributed by atoms with Crippen LogP contribution in [0.3, 0.4) is 0 Å². The van der Waals surface area contributed by atoms with Gasteiger partial charge < -0.3 is 20.7 Å². The number of nitrogens with two attached hydrogens (primary N) is 1. The van der Waals surface area contributed by atoms with Gasteiger partial charge in [0.1, 0.15) is 5.60 Å². The Morgan fingerprint density at radius 1 is 1.40 bits per heavy atom. The predicted octanol–water partition coefficient (Wildman–Crippen LogP) is 1.03. The summed E-state index contributed by atoms with van der Waals surface area (Å²) < 4.78 is 5.37. The van der Waals surface area contributed by atoms with Crippen molar-refractivity contribution in [3.8, 4) is 0 Å². The van der Waals surface area contributed by atoms with Crippen molar-refractivity contribution < 1.29 is 9.53 Å². The number of ether oxygens (including phenoxy) is 1. The second kappa shape index (κ2) is 5.66. The van der Waals surface area contributed by atoms with Crippen LogP contribution < -0.4 is 16.0 Å². The van der Waals surface area contributed by atoms with Gasteiger partial charge in [-0.25, -0.2) is 9.78 Å². The fourth-order valence-corrected chi connectivity index (χ4v) is 2.10.